The van der Waals surface area contributed by atoms with Gasteiger partial charge in [-0.05, 0) is 96.8 Å². The SMILES string of the molecule is C[C@]12C[C@H](c3ccc(-c4ccoc4)cc3)[C@H]3[C@@H](CCC4=CC(=O)CC[C@@H]43)[C@@H]1CC[C@@H]2O. The lowest BCUT2D eigenvalue weighted by atomic mass is 9.48. The topological polar surface area (TPSA) is 50.4 Å². The van der Waals surface area contributed by atoms with Gasteiger partial charge in [-0.15, -0.1) is 0 Å². The monoisotopic (exact) mass is 416 g/mol. The summed E-state index contributed by atoms with van der Waals surface area (Å²) in [4.78, 5) is 12.1. The van der Waals surface area contributed by atoms with E-state index in [9.17, 15) is 9.90 Å². The highest BCUT2D eigenvalue weighted by Crippen LogP contribution is 2.65. The molecule has 2 aromatic rings. The number of aliphatic hydroxyl groups excluding tert-OH is 1. The molecule has 0 bridgehead atoms. The number of hydrogen-bond acceptors (Lipinski definition) is 3. The average Bonchev–Trinajstić information content (AvgIpc) is 3.42. The van der Waals surface area contributed by atoms with Crippen molar-refractivity contribution in [2.45, 2.75) is 63.9 Å². The van der Waals surface area contributed by atoms with Gasteiger partial charge in [-0.25, -0.2) is 0 Å². The van der Waals surface area contributed by atoms with Crippen molar-refractivity contribution in [3.63, 3.8) is 0 Å². The van der Waals surface area contributed by atoms with Gasteiger partial charge in [-0.2, -0.15) is 0 Å². The Bertz CT molecular complexity index is 1000. The first-order valence-corrected chi connectivity index (χ1v) is 12.1. The van der Waals surface area contributed by atoms with E-state index in [1.165, 1.54) is 23.1 Å². The lowest BCUT2D eigenvalue weighted by Gasteiger charge is -2.57. The molecule has 1 N–H and O–H groups in total. The zero-order valence-electron chi connectivity index (χ0n) is 18.3. The summed E-state index contributed by atoms with van der Waals surface area (Å²) in [5.74, 6) is 3.17. The average molecular weight is 417 g/mol. The molecule has 0 amide bonds. The van der Waals surface area contributed by atoms with Crippen LogP contribution < -0.4 is 0 Å². The van der Waals surface area contributed by atoms with Gasteiger partial charge >= 0.3 is 0 Å². The van der Waals surface area contributed by atoms with Gasteiger partial charge in [0, 0.05) is 12.0 Å². The molecule has 3 saturated carbocycles. The Hall–Kier alpha value is -2.13. The van der Waals surface area contributed by atoms with Crippen LogP contribution in [0.4, 0.5) is 0 Å². The summed E-state index contributed by atoms with van der Waals surface area (Å²) in [6.45, 7) is 2.36. The van der Waals surface area contributed by atoms with Gasteiger partial charge < -0.3 is 9.52 Å². The largest absolute Gasteiger partial charge is 0.472 e. The van der Waals surface area contributed by atoms with Gasteiger partial charge in [-0.1, -0.05) is 36.8 Å². The van der Waals surface area contributed by atoms with E-state index >= 15 is 0 Å². The standard InChI is InChI=1S/C28H32O3/c1-28-15-24(18-4-2-17(3-5-18)20-12-13-31-16-20)27-22-9-7-21(29)14-19(22)6-8-23(27)25(28)10-11-26(28)30/h2-5,12-14,16,22-27,30H,6-11,15H2,1H3/t22-,23-,24+,25-,26-,27+,28-/m0/s1. The van der Waals surface area contributed by atoms with Crippen LogP contribution in [0.25, 0.3) is 11.1 Å². The molecule has 0 saturated heterocycles. The van der Waals surface area contributed by atoms with Gasteiger partial charge in [0.2, 0.25) is 0 Å². The predicted octanol–water partition coefficient (Wildman–Crippen LogP) is 6.14. The van der Waals surface area contributed by atoms with Crippen LogP contribution in [-0.4, -0.2) is 17.0 Å². The van der Waals surface area contributed by atoms with Crippen molar-refractivity contribution in [3.05, 3.63) is 60.1 Å². The molecule has 162 valence electrons. The summed E-state index contributed by atoms with van der Waals surface area (Å²) in [6, 6.07) is 11.1. The Morgan fingerprint density at radius 2 is 1.81 bits per heavy atom. The number of hydrogen-bond donors (Lipinski definition) is 1. The Labute approximate surface area is 184 Å². The molecule has 3 heteroatoms. The molecular weight excluding hydrogens is 384 g/mol. The Morgan fingerprint density at radius 3 is 2.58 bits per heavy atom. The van der Waals surface area contributed by atoms with E-state index in [1.54, 1.807) is 12.5 Å². The molecule has 1 aromatic heterocycles. The summed E-state index contributed by atoms with van der Waals surface area (Å²) in [5, 5.41) is 11.0. The summed E-state index contributed by atoms with van der Waals surface area (Å²) in [5.41, 5.74) is 5.13. The second kappa shape index (κ2) is 7.20. The van der Waals surface area contributed by atoms with Crippen molar-refractivity contribution in [3.8, 4) is 11.1 Å². The summed E-state index contributed by atoms with van der Waals surface area (Å²) in [6.07, 6.45) is 12.5. The fourth-order valence-electron chi connectivity index (χ4n) is 7.97. The van der Waals surface area contributed by atoms with Crippen molar-refractivity contribution in [2.75, 3.05) is 0 Å². The maximum absolute atomic E-state index is 12.1. The number of benzene rings is 1. The molecule has 1 aromatic carbocycles. The first-order chi connectivity index (χ1) is 15.0. The molecule has 0 aliphatic heterocycles. The number of aliphatic hydroxyl groups is 1. The maximum Gasteiger partial charge on any atom is 0.155 e. The Balaban J connectivity index is 1.41. The smallest absolute Gasteiger partial charge is 0.155 e. The van der Waals surface area contributed by atoms with E-state index in [-0.39, 0.29) is 11.5 Å². The van der Waals surface area contributed by atoms with Crippen LogP contribution in [0.3, 0.4) is 0 Å². The third-order valence-electron chi connectivity index (χ3n) is 9.44. The van der Waals surface area contributed by atoms with E-state index < -0.39 is 0 Å². The van der Waals surface area contributed by atoms with E-state index in [2.05, 4.69) is 31.2 Å². The minimum Gasteiger partial charge on any atom is -0.472 e. The number of carbonyl (C=O) groups is 1. The highest BCUT2D eigenvalue weighted by molar-refractivity contribution is 5.91. The number of ketones is 1. The van der Waals surface area contributed by atoms with Crippen molar-refractivity contribution in [1.29, 1.82) is 0 Å². The first kappa shape index (κ1) is 19.5. The zero-order chi connectivity index (χ0) is 21.2. The van der Waals surface area contributed by atoms with Crippen LogP contribution in [0, 0.1) is 29.1 Å². The van der Waals surface area contributed by atoms with E-state index in [4.69, 9.17) is 4.42 Å². The predicted molar refractivity (Wildman–Crippen MR) is 120 cm³/mol. The lowest BCUT2D eigenvalue weighted by molar-refractivity contribution is -0.116. The molecule has 3 fully saturated rings. The van der Waals surface area contributed by atoms with Crippen molar-refractivity contribution < 1.29 is 14.3 Å². The third kappa shape index (κ3) is 3.00. The minimum absolute atomic E-state index is 0.0146. The molecule has 4 aliphatic rings. The lowest BCUT2D eigenvalue weighted by Crippen LogP contribution is -2.50. The molecule has 0 radical (unpaired) electrons. The van der Waals surface area contributed by atoms with Crippen molar-refractivity contribution >= 4 is 5.78 Å². The minimum atomic E-state index is -0.184. The number of rotatable bonds is 2. The molecule has 3 nitrogen and oxygen atoms in total. The molecule has 4 aliphatic carbocycles. The van der Waals surface area contributed by atoms with Crippen LogP contribution in [0.2, 0.25) is 0 Å². The van der Waals surface area contributed by atoms with Crippen LogP contribution in [-0.2, 0) is 4.79 Å². The Kier molecular flexibility index (Phi) is 4.54. The van der Waals surface area contributed by atoms with Crippen molar-refractivity contribution in [2.24, 2.45) is 29.1 Å². The fourth-order valence-corrected chi connectivity index (χ4v) is 7.97. The molecule has 7 atom stereocenters. The summed E-state index contributed by atoms with van der Waals surface area (Å²) in [7, 11) is 0. The molecule has 1 heterocycles. The van der Waals surface area contributed by atoms with Crippen molar-refractivity contribution in [1.82, 2.24) is 0 Å². The molecule has 31 heavy (non-hydrogen) atoms. The molecule has 0 unspecified atom stereocenters. The number of carbonyl (C=O) groups excluding carboxylic acids is 1. The maximum atomic E-state index is 12.1. The number of allylic oxidation sites excluding steroid dienone is 1. The molecule has 6 rings (SSSR count). The Morgan fingerprint density at radius 1 is 0.968 bits per heavy atom. The fraction of sp³-hybridized carbons (Fsp3) is 0.536. The quantitative estimate of drug-likeness (QED) is 0.639. The van der Waals surface area contributed by atoms with Gasteiger partial charge in [0.15, 0.2) is 5.78 Å². The van der Waals surface area contributed by atoms with Crippen LogP contribution >= 0.6 is 0 Å². The highest BCUT2D eigenvalue weighted by atomic mass is 16.3. The number of furan rings is 1. The molecular formula is C28H32O3. The van der Waals surface area contributed by atoms with Crippen LogP contribution in [0.15, 0.2) is 58.9 Å². The second-order valence-electron chi connectivity index (χ2n) is 10.8. The second-order valence-corrected chi connectivity index (χ2v) is 10.8. The van der Waals surface area contributed by atoms with E-state index in [0.717, 1.165) is 37.7 Å². The van der Waals surface area contributed by atoms with Gasteiger partial charge in [0.05, 0.1) is 18.6 Å². The first-order valence-electron chi connectivity index (χ1n) is 12.1. The zero-order valence-corrected chi connectivity index (χ0v) is 18.3. The van der Waals surface area contributed by atoms with E-state index in [1.807, 2.05) is 12.1 Å². The van der Waals surface area contributed by atoms with Gasteiger partial charge in [0.1, 0.15) is 0 Å². The van der Waals surface area contributed by atoms with Gasteiger partial charge in [0.25, 0.3) is 0 Å². The number of fused-ring (bicyclic) bond motifs is 5. The van der Waals surface area contributed by atoms with Crippen LogP contribution in [0.1, 0.15) is 63.4 Å². The normalized spacial score (nSPS) is 39.4. The summed E-state index contributed by atoms with van der Waals surface area (Å²) < 4.78 is 5.26. The van der Waals surface area contributed by atoms with E-state index in [0.29, 0.717) is 41.8 Å². The third-order valence-corrected chi connectivity index (χ3v) is 9.44. The van der Waals surface area contributed by atoms with Crippen LogP contribution in [0.5, 0.6) is 0 Å². The van der Waals surface area contributed by atoms with Gasteiger partial charge in [-0.3, -0.25) is 4.79 Å². The highest BCUT2D eigenvalue weighted by Gasteiger charge is 2.59. The summed E-state index contributed by atoms with van der Waals surface area (Å²) >= 11 is 0. The molecule has 0 spiro atoms.